The highest BCUT2D eigenvalue weighted by Gasteiger charge is 2.23. The van der Waals surface area contributed by atoms with Gasteiger partial charge in [-0.15, -0.1) is 0 Å². The molecule has 140 valence electrons. The summed E-state index contributed by atoms with van der Waals surface area (Å²) in [5, 5.41) is 4.30. The number of amides is 1. The maximum absolute atomic E-state index is 13.2. The van der Waals surface area contributed by atoms with Crippen molar-refractivity contribution in [1.82, 2.24) is 24.2 Å². The third kappa shape index (κ3) is 3.38. The van der Waals surface area contributed by atoms with Crippen LogP contribution < -0.4 is 9.47 Å². The van der Waals surface area contributed by atoms with Crippen LogP contribution in [0, 0.1) is 6.92 Å². The van der Waals surface area contributed by atoms with E-state index in [9.17, 15) is 4.79 Å². The summed E-state index contributed by atoms with van der Waals surface area (Å²) in [6.07, 6.45) is 3.60. The fourth-order valence-electron chi connectivity index (χ4n) is 3.15. The molecule has 2 aromatic heterocycles. The van der Waals surface area contributed by atoms with Crippen molar-refractivity contribution in [3.63, 3.8) is 0 Å². The molecular formula is C19H21N5O3. The van der Waals surface area contributed by atoms with E-state index in [-0.39, 0.29) is 12.7 Å². The summed E-state index contributed by atoms with van der Waals surface area (Å²) in [6.45, 7) is 2.91. The van der Waals surface area contributed by atoms with Crippen LogP contribution in [0.3, 0.4) is 0 Å². The SMILES string of the molecule is Cc1cc(C(=O)N(Cc2ccc3c(c2)OCO3)Cc2nccn2C)n(C)n1. The maximum atomic E-state index is 13.2. The first-order valence-electron chi connectivity index (χ1n) is 8.66. The van der Waals surface area contributed by atoms with Gasteiger partial charge < -0.3 is 18.9 Å². The molecule has 0 radical (unpaired) electrons. The van der Waals surface area contributed by atoms with E-state index in [1.165, 1.54) is 0 Å². The molecule has 1 aromatic carbocycles. The minimum Gasteiger partial charge on any atom is -0.454 e. The monoisotopic (exact) mass is 367 g/mol. The molecule has 3 aromatic rings. The lowest BCUT2D eigenvalue weighted by Gasteiger charge is -2.22. The van der Waals surface area contributed by atoms with Gasteiger partial charge in [-0.3, -0.25) is 9.48 Å². The maximum Gasteiger partial charge on any atom is 0.272 e. The Morgan fingerprint density at radius 1 is 1.19 bits per heavy atom. The van der Waals surface area contributed by atoms with Crippen LogP contribution in [0.4, 0.5) is 0 Å². The van der Waals surface area contributed by atoms with E-state index in [0.717, 1.165) is 22.8 Å². The van der Waals surface area contributed by atoms with Crippen molar-refractivity contribution >= 4 is 5.91 Å². The zero-order valence-corrected chi connectivity index (χ0v) is 15.5. The van der Waals surface area contributed by atoms with Crippen LogP contribution >= 0.6 is 0 Å². The summed E-state index contributed by atoms with van der Waals surface area (Å²) in [7, 11) is 3.69. The van der Waals surface area contributed by atoms with Crippen LogP contribution in [0.2, 0.25) is 0 Å². The molecule has 0 saturated heterocycles. The van der Waals surface area contributed by atoms with E-state index in [0.29, 0.717) is 24.5 Å². The van der Waals surface area contributed by atoms with Gasteiger partial charge in [0.05, 0.1) is 12.2 Å². The Balaban J connectivity index is 1.64. The third-order valence-electron chi connectivity index (χ3n) is 4.57. The fraction of sp³-hybridized carbons (Fsp3) is 0.316. The van der Waals surface area contributed by atoms with Crippen LogP contribution in [0.25, 0.3) is 0 Å². The molecule has 8 nitrogen and oxygen atoms in total. The fourth-order valence-corrected chi connectivity index (χ4v) is 3.15. The Hall–Kier alpha value is -3.29. The average Bonchev–Trinajstić information content (AvgIpc) is 3.34. The topological polar surface area (TPSA) is 74.4 Å². The van der Waals surface area contributed by atoms with Crippen LogP contribution in [0.1, 0.15) is 27.6 Å². The van der Waals surface area contributed by atoms with Gasteiger partial charge in [-0.05, 0) is 30.7 Å². The first kappa shape index (κ1) is 17.1. The Morgan fingerprint density at radius 3 is 2.70 bits per heavy atom. The normalized spacial score (nSPS) is 12.4. The molecule has 0 atom stereocenters. The second kappa shape index (κ2) is 6.79. The zero-order chi connectivity index (χ0) is 19.0. The predicted molar refractivity (Wildman–Crippen MR) is 97.3 cm³/mol. The Kier molecular flexibility index (Phi) is 4.31. The molecule has 0 aliphatic carbocycles. The van der Waals surface area contributed by atoms with Gasteiger partial charge in [0.1, 0.15) is 11.5 Å². The Labute approximate surface area is 156 Å². The number of carbonyl (C=O) groups is 1. The molecule has 8 heteroatoms. The highest BCUT2D eigenvalue weighted by Crippen LogP contribution is 2.33. The van der Waals surface area contributed by atoms with Crippen LogP contribution in [-0.2, 0) is 27.2 Å². The number of aromatic nitrogens is 4. The van der Waals surface area contributed by atoms with Gasteiger partial charge in [0, 0.05) is 33.0 Å². The number of aryl methyl sites for hydroxylation is 3. The predicted octanol–water partition coefficient (Wildman–Crippen LogP) is 2.03. The first-order chi connectivity index (χ1) is 13.0. The molecule has 1 aliphatic rings. The lowest BCUT2D eigenvalue weighted by Crippen LogP contribution is -2.32. The first-order valence-corrected chi connectivity index (χ1v) is 8.66. The number of carbonyl (C=O) groups excluding carboxylic acids is 1. The van der Waals surface area contributed by atoms with Gasteiger partial charge in [0.2, 0.25) is 6.79 Å². The van der Waals surface area contributed by atoms with Gasteiger partial charge >= 0.3 is 0 Å². The summed E-state index contributed by atoms with van der Waals surface area (Å²) < 4.78 is 14.3. The van der Waals surface area contributed by atoms with E-state index in [1.807, 2.05) is 42.9 Å². The number of benzene rings is 1. The Bertz CT molecular complexity index is 991. The van der Waals surface area contributed by atoms with E-state index >= 15 is 0 Å². The minimum absolute atomic E-state index is 0.0984. The van der Waals surface area contributed by atoms with Crippen molar-refractivity contribution in [1.29, 1.82) is 0 Å². The van der Waals surface area contributed by atoms with Crippen LogP contribution in [0.15, 0.2) is 36.7 Å². The summed E-state index contributed by atoms with van der Waals surface area (Å²) >= 11 is 0. The smallest absolute Gasteiger partial charge is 0.272 e. The molecule has 1 aliphatic heterocycles. The van der Waals surface area contributed by atoms with E-state index in [1.54, 1.807) is 28.9 Å². The molecule has 0 fully saturated rings. The molecule has 0 saturated carbocycles. The number of ether oxygens (including phenoxy) is 2. The van der Waals surface area contributed by atoms with Crippen molar-refractivity contribution in [3.8, 4) is 11.5 Å². The largest absolute Gasteiger partial charge is 0.454 e. The molecule has 3 heterocycles. The van der Waals surface area contributed by atoms with Gasteiger partial charge in [0.25, 0.3) is 5.91 Å². The van der Waals surface area contributed by atoms with Crippen molar-refractivity contribution in [2.45, 2.75) is 20.0 Å². The number of hydrogen-bond donors (Lipinski definition) is 0. The summed E-state index contributed by atoms with van der Waals surface area (Å²) in [4.78, 5) is 19.3. The number of fused-ring (bicyclic) bond motifs is 1. The van der Waals surface area contributed by atoms with E-state index in [2.05, 4.69) is 10.1 Å². The van der Waals surface area contributed by atoms with Crippen LogP contribution in [-0.4, -0.2) is 36.9 Å². The molecule has 27 heavy (non-hydrogen) atoms. The van der Waals surface area contributed by atoms with Gasteiger partial charge in [-0.25, -0.2) is 4.98 Å². The summed E-state index contributed by atoms with van der Waals surface area (Å²) in [5.74, 6) is 2.14. The number of hydrogen-bond acceptors (Lipinski definition) is 5. The second-order valence-corrected chi connectivity index (χ2v) is 6.60. The number of nitrogens with zero attached hydrogens (tertiary/aromatic N) is 5. The highest BCUT2D eigenvalue weighted by atomic mass is 16.7. The second-order valence-electron chi connectivity index (χ2n) is 6.60. The van der Waals surface area contributed by atoms with Crippen LogP contribution in [0.5, 0.6) is 11.5 Å². The van der Waals surface area contributed by atoms with Gasteiger partial charge in [-0.2, -0.15) is 5.10 Å². The molecule has 0 bridgehead atoms. The third-order valence-corrected chi connectivity index (χ3v) is 4.57. The molecule has 0 N–H and O–H groups in total. The van der Waals surface area contributed by atoms with Gasteiger partial charge in [0.15, 0.2) is 11.5 Å². The van der Waals surface area contributed by atoms with E-state index < -0.39 is 0 Å². The zero-order valence-electron chi connectivity index (χ0n) is 15.5. The van der Waals surface area contributed by atoms with Crippen molar-refractivity contribution < 1.29 is 14.3 Å². The lowest BCUT2D eigenvalue weighted by atomic mass is 10.1. The summed E-state index contributed by atoms with van der Waals surface area (Å²) in [6, 6.07) is 7.53. The lowest BCUT2D eigenvalue weighted by molar-refractivity contribution is 0.0712. The molecule has 0 unspecified atom stereocenters. The Morgan fingerprint density at radius 2 is 2.00 bits per heavy atom. The molecule has 4 rings (SSSR count). The number of rotatable bonds is 5. The van der Waals surface area contributed by atoms with E-state index in [4.69, 9.17) is 9.47 Å². The van der Waals surface area contributed by atoms with Crippen molar-refractivity contribution in [2.75, 3.05) is 6.79 Å². The van der Waals surface area contributed by atoms with Crippen molar-refractivity contribution in [2.24, 2.45) is 14.1 Å². The highest BCUT2D eigenvalue weighted by molar-refractivity contribution is 5.92. The standard InChI is InChI=1S/C19H21N5O3/c1-13-8-15(23(3)21-13)19(25)24(11-18-20-6-7-22(18)2)10-14-4-5-16-17(9-14)27-12-26-16/h4-9H,10-12H2,1-3H3. The molecular weight excluding hydrogens is 346 g/mol. The van der Waals surface area contributed by atoms with Gasteiger partial charge in [-0.1, -0.05) is 6.07 Å². The summed E-state index contributed by atoms with van der Waals surface area (Å²) in [5.41, 5.74) is 2.31. The molecule has 1 amide bonds. The average molecular weight is 367 g/mol. The quantitative estimate of drug-likeness (QED) is 0.690. The number of imidazole rings is 1. The minimum atomic E-state index is -0.0984. The van der Waals surface area contributed by atoms with Crippen molar-refractivity contribution in [3.05, 3.63) is 59.4 Å². The molecule has 0 spiro atoms.